The molecule has 1 aromatic rings. The fourth-order valence-electron chi connectivity index (χ4n) is 1.95. The molecule has 0 aromatic heterocycles. The average Bonchev–Trinajstić information content (AvgIpc) is 2.49. The van der Waals surface area contributed by atoms with Crippen molar-refractivity contribution < 1.29 is 14.3 Å². The summed E-state index contributed by atoms with van der Waals surface area (Å²) in [7, 11) is 0. The van der Waals surface area contributed by atoms with Crippen LogP contribution >= 0.6 is 11.6 Å². The van der Waals surface area contributed by atoms with Gasteiger partial charge in [0.1, 0.15) is 5.75 Å². The van der Waals surface area contributed by atoms with E-state index < -0.39 is 6.10 Å². The van der Waals surface area contributed by atoms with Gasteiger partial charge in [0.15, 0.2) is 6.10 Å². The van der Waals surface area contributed by atoms with Crippen LogP contribution in [-0.2, 0) is 9.53 Å². The lowest BCUT2D eigenvalue weighted by Crippen LogP contribution is -2.46. The monoisotopic (exact) mass is 294 g/mol. The van der Waals surface area contributed by atoms with E-state index in [9.17, 15) is 4.79 Å². The Balaban J connectivity index is 2.02. The van der Waals surface area contributed by atoms with Gasteiger partial charge in [-0.3, -0.25) is 4.79 Å². The van der Waals surface area contributed by atoms with E-state index in [-0.39, 0.29) is 5.91 Å². The van der Waals surface area contributed by atoms with Gasteiger partial charge in [0.05, 0.1) is 29.9 Å². The summed E-state index contributed by atoms with van der Waals surface area (Å²) >= 11 is 6.02. The van der Waals surface area contributed by atoms with Gasteiger partial charge in [0.25, 0.3) is 5.91 Å². The van der Waals surface area contributed by atoms with Crippen molar-refractivity contribution in [3.05, 3.63) is 28.8 Å². The van der Waals surface area contributed by atoms with Crippen LogP contribution < -0.4 is 4.74 Å². The molecule has 106 valence electrons. The maximum atomic E-state index is 12.2. The molecule has 1 saturated heterocycles. The zero-order valence-electron chi connectivity index (χ0n) is 11.1. The topological polar surface area (TPSA) is 62.6 Å². The molecule has 1 amide bonds. The van der Waals surface area contributed by atoms with Crippen LogP contribution in [0.25, 0.3) is 0 Å². The second-order valence-electron chi connectivity index (χ2n) is 4.45. The number of hydrogen-bond acceptors (Lipinski definition) is 4. The molecular formula is C14H15ClN2O3. The van der Waals surface area contributed by atoms with E-state index in [1.165, 1.54) is 6.07 Å². The highest BCUT2D eigenvalue weighted by molar-refractivity contribution is 6.32. The second kappa shape index (κ2) is 6.60. The molecule has 1 aliphatic rings. The molecule has 0 radical (unpaired) electrons. The Bertz CT molecular complexity index is 536. The molecule has 0 spiro atoms. The molecule has 2 rings (SSSR count). The average molecular weight is 295 g/mol. The van der Waals surface area contributed by atoms with E-state index in [1.807, 2.05) is 6.07 Å². The maximum absolute atomic E-state index is 12.2. The van der Waals surface area contributed by atoms with Gasteiger partial charge in [-0.1, -0.05) is 11.6 Å². The number of hydrogen-bond donors (Lipinski definition) is 0. The SMILES string of the molecule is CC(Oc1ccc(C#N)cc1Cl)C(=O)N1CCOCC1. The smallest absolute Gasteiger partial charge is 0.263 e. The van der Waals surface area contributed by atoms with Crippen LogP contribution in [0.1, 0.15) is 12.5 Å². The molecule has 0 aliphatic carbocycles. The van der Waals surface area contributed by atoms with Crippen molar-refractivity contribution in [2.24, 2.45) is 0 Å². The van der Waals surface area contributed by atoms with Crippen molar-refractivity contribution >= 4 is 17.5 Å². The summed E-state index contributed by atoms with van der Waals surface area (Å²) in [6.45, 7) is 3.94. The first-order chi connectivity index (χ1) is 9.61. The number of halogens is 1. The number of rotatable bonds is 3. The number of nitrogens with zero attached hydrogens (tertiary/aromatic N) is 2. The lowest BCUT2D eigenvalue weighted by molar-refractivity contribution is -0.142. The maximum Gasteiger partial charge on any atom is 0.263 e. The quantitative estimate of drug-likeness (QED) is 0.853. The van der Waals surface area contributed by atoms with Crippen molar-refractivity contribution in [1.82, 2.24) is 4.90 Å². The Morgan fingerprint density at radius 3 is 2.80 bits per heavy atom. The highest BCUT2D eigenvalue weighted by Crippen LogP contribution is 2.26. The van der Waals surface area contributed by atoms with Crippen LogP contribution in [0, 0.1) is 11.3 Å². The molecule has 0 bridgehead atoms. The number of nitriles is 1. The Kier molecular flexibility index (Phi) is 4.83. The largest absolute Gasteiger partial charge is 0.479 e. The predicted octanol–water partition coefficient (Wildman–Crippen LogP) is 1.84. The minimum absolute atomic E-state index is 0.0891. The summed E-state index contributed by atoms with van der Waals surface area (Å²) < 4.78 is 10.8. The highest BCUT2D eigenvalue weighted by Gasteiger charge is 2.24. The first-order valence-corrected chi connectivity index (χ1v) is 6.72. The lowest BCUT2D eigenvalue weighted by Gasteiger charge is -2.29. The third kappa shape index (κ3) is 3.41. The molecule has 0 N–H and O–H groups in total. The first-order valence-electron chi connectivity index (χ1n) is 6.34. The third-order valence-electron chi connectivity index (χ3n) is 3.04. The van der Waals surface area contributed by atoms with E-state index in [1.54, 1.807) is 24.0 Å². The molecule has 6 heteroatoms. The van der Waals surface area contributed by atoms with Crippen molar-refractivity contribution in [2.45, 2.75) is 13.0 Å². The Hall–Kier alpha value is -1.77. The number of carbonyl (C=O) groups is 1. The Morgan fingerprint density at radius 2 is 2.20 bits per heavy atom. The summed E-state index contributed by atoms with van der Waals surface area (Å²) in [6.07, 6.45) is -0.626. The van der Waals surface area contributed by atoms with Gasteiger partial charge in [-0.25, -0.2) is 0 Å². The molecular weight excluding hydrogens is 280 g/mol. The summed E-state index contributed by atoms with van der Waals surface area (Å²) in [5.41, 5.74) is 0.453. The molecule has 20 heavy (non-hydrogen) atoms. The second-order valence-corrected chi connectivity index (χ2v) is 4.86. The van der Waals surface area contributed by atoms with Crippen LogP contribution in [0.4, 0.5) is 0 Å². The lowest BCUT2D eigenvalue weighted by atomic mass is 10.2. The van der Waals surface area contributed by atoms with Gasteiger partial charge >= 0.3 is 0 Å². The molecule has 1 heterocycles. The minimum atomic E-state index is -0.626. The van der Waals surface area contributed by atoms with E-state index >= 15 is 0 Å². The zero-order chi connectivity index (χ0) is 14.5. The van der Waals surface area contributed by atoms with Crippen LogP contribution in [0.3, 0.4) is 0 Å². The molecule has 1 aliphatic heterocycles. The van der Waals surface area contributed by atoms with Crippen molar-refractivity contribution in [1.29, 1.82) is 5.26 Å². The Labute approximate surface area is 122 Å². The van der Waals surface area contributed by atoms with Gasteiger partial charge in [0.2, 0.25) is 0 Å². The molecule has 0 saturated carbocycles. The molecule has 1 atom stereocenters. The highest BCUT2D eigenvalue weighted by atomic mass is 35.5. The minimum Gasteiger partial charge on any atom is -0.479 e. The molecule has 1 aromatic carbocycles. The molecule has 5 nitrogen and oxygen atoms in total. The van der Waals surface area contributed by atoms with Crippen LogP contribution in [0.5, 0.6) is 5.75 Å². The number of morpholine rings is 1. The summed E-state index contributed by atoms with van der Waals surface area (Å²) in [6, 6.07) is 6.72. The zero-order valence-corrected chi connectivity index (χ0v) is 11.9. The van der Waals surface area contributed by atoms with E-state index in [2.05, 4.69) is 0 Å². The summed E-state index contributed by atoms with van der Waals surface area (Å²) in [5, 5.41) is 9.10. The molecule has 1 unspecified atom stereocenters. The summed E-state index contributed by atoms with van der Waals surface area (Å²) in [4.78, 5) is 13.9. The third-order valence-corrected chi connectivity index (χ3v) is 3.33. The number of ether oxygens (including phenoxy) is 2. The van der Waals surface area contributed by atoms with Crippen molar-refractivity contribution in [3.63, 3.8) is 0 Å². The van der Waals surface area contributed by atoms with E-state index in [4.69, 9.17) is 26.3 Å². The number of carbonyl (C=O) groups excluding carboxylic acids is 1. The first kappa shape index (κ1) is 14.6. The predicted molar refractivity (Wildman–Crippen MR) is 73.7 cm³/mol. The van der Waals surface area contributed by atoms with Crippen LogP contribution in [0.2, 0.25) is 5.02 Å². The molecule has 1 fully saturated rings. The van der Waals surface area contributed by atoms with Crippen molar-refractivity contribution in [2.75, 3.05) is 26.3 Å². The van der Waals surface area contributed by atoms with Gasteiger partial charge in [-0.15, -0.1) is 0 Å². The van der Waals surface area contributed by atoms with Gasteiger partial charge in [-0.05, 0) is 25.1 Å². The van der Waals surface area contributed by atoms with Gasteiger partial charge < -0.3 is 14.4 Å². The van der Waals surface area contributed by atoms with E-state index in [0.29, 0.717) is 42.6 Å². The fraction of sp³-hybridized carbons (Fsp3) is 0.429. The Morgan fingerprint density at radius 1 is 1.50 bits per heavy atom. The van der Waals surface area contributed by atoms with Crippen molar-refractivity contribution in [3.8, 4) is 11.8 Å². The fourth-order valence-corrected chi connectivity index (χ4v) is 2.17. The number of amides is 1. The van der Waals surface area contributed by atoms with Gasteiger partial charge in [-0.2, -0.15) is 5.26 Å². The van der Waals surface area contributed by atoms with Crippen LogP contribution in [-0.4, -0.2) is 43.2 Å². The van der Waals surface area contributed by atoms with Crippen LogP contribution in [0.15, 0.2) is 18.2 Å². The van der Waals surface area contributed by atoms with E-state index in [0.717, 1.165) is 0 Å². The normalized spacial score (nSPS) is 16.4. The standard InChI is InChI=1S/C14H15ClN2O3/c1-10(14(18)17-4-6-19-7-5-17)20-13-3-2-11(9-16)8-12(13)15/h2-3,8,10H,4-7H2,1H3. The number of benzene rings is 1. The summed E-state index contributed by atoms with van der Waals surface area (Å²) in [5.74, 6) is 0.313. The van der Waals surface area contributed by atoms with Gasteiger partial charge in [0, 0.05) is 13.1 Å².